The Hall–Kier alpha value is -3.94. The predicted molar refractivity (Wildman–Crippen MR) is 123 cm³/mol. The number of hydrogen-bond acceptors (Lipinski definition) is 6. The Morgan fingerprint density at radius 1 is 1.06 bits per heavy atom. The number of carbonyl (C=O) groups is 4. The van der Waals surface area contributed by atoms with Crippen LogP contribution in [-0.4, -0.2) is 37.4 Å². The molecule has 0 radical (unpaired) electrons. The van der Waals surface area contributed by atoms with Gasteiger partial charge in [0, 0.05) is 0 Å². The standard InChI is InChI=1S/C26H24N2O6/c1-14-10-16-12-18(14)23-22(16)24(30)28(25(23)31)17-7-5-6-15(11-17)26(32)34-13-21(29)27-19-8-3-4-9-20(19)33-2/h3-11,16,18,22-23H,12-13H2,1-2H3,(H,27,29)/t16-,18+,22+,23+/m0/s1. The number of hydrogen-bond donors (Lipinski definition) is 1. The quantitative estimate of drug-likeness (QED) is 0.404. The molecule has 2 aromatic rings. The Morgan fingerprint density at radius 3 is 2.62 bits per heavy atom. The molecule has 5 rings (SSSR count). The lowest BCUT2D eigenvalue weighted by Gasteiger charge is -2.19. The van der Waals surface area contributed by atoms with Gasteiger partial charge in [0.1, 0.15) is 5.75 Å². The van der Waals surface area contributed by atoms with Gasteiger partial charge in [-0.15, -0.1) is 0 Å². The summed E-state index contributed by atoms with van der Waals surface area (Å²) in [4.78, 5) is 52.3. The van der Waals surface area contributed by atoms with E-state index in [2.05, 4.69) is 11.4 Å². The largest absolute Gasteiger partial charge is 0.495 e. The van der Waals surface area contributed by atoms with Gasteiger partial charge in [0.05, 0.1) is 35.9 Å². The average Bonchev–Trinajstić information content (AvgIpc) is 3.48. The number of allylic oxidation sites excluding steroid dienone is 2. The summed E-state index contributed by atoms with van der Waals surface area (Å²) in [5.74, 6) is -1.62. The van der Waals surface area contributed by atoms with Crippen molar-refractivity contribution in [3.63, 3.8) is 0 Å². The number of nitrogens with one attached hydrogen (secondary N) is 1. The third-order valence-corrected chi connectivity index (χ3v) is 6.94. The minimum Gasteiger partial charge on any atom is -0.495 e. The number of fused-ring (bicyclic) bond motifs is 5. The van der Waals surface area contributed by atoms with E-state index >= 15 is 0 Å². The second kappa shape index (κ2) is 8.44. The molecule has 8 nitrogen and oxygen atoms in total. The fraction of sp³-hybridized carbons (Fsp3) is 0.308. The van der Waals surface area contributed by atoms with Gasteiger partial charge in [0.15, 0.2) is 6.61 Å². The Labute approximate surface area is 196 Å². The van der Waals surface area contributed by atoms with E-state index in [0.29, 0.717) is 17.1 Å². The molecule has 0 spiro atoms. The molecule has 8 heteroatoms. The van der Waals surface area contributed by atoms with Crippen molar-refractivity contribution in [3.8, 4) is 5.75 Å². The SMILES string of the molecule is COc1ccccc1NC(=O)COC(=O)c1cccc(N2C(=O)[C@H]3[C@H](C2=O)[C@H]2C=C(C)[C@H]3C2)c1. The van der Waals surface area contributed by atoms with E-state index in [1.54, 1.807) is 36.4 Å². The summed E-state index contributed by atoms with van der Waals surface area (Å²) in [6.45, 7) is 1.52. The number of benzene rings is 2. The number of carbonyl (C=O) groups excluding carboxylic acids is 4. The molecule has 0 unspecified atom stereocenters. The summed E-state index contributed by atoms with van der Waals surface area (Å²) < 4.78 is 10.3. The molecular weight excluding hydrogens is 436 g/mol. The Balaban J connectivity index is 1.26. The van der Waals surface area contributed by atoms with Crippen LogP contribution in [0.2, 0.25) is 0 Å². The highest BCUT2D eigenvalue weighted by molar-refractivity contribution is 6.23. The first-order chi connectivity index (χ1) is 16.4. The Morgan fingerprint density at radius 2 is 1.82 bits per heavy atom. The minimum absolute atomic E-state index is 0.103. The second-order valence-electron chi connectivity index (χ2n) is 8.86. The lowest BCUT2D eigenvalue weighted by atomic mass is 9.82. The Bertz CT molecular complexity index is 1240. The smallest absolute Gasteiger partial charge is 0.338 e. The summed E-state index contributed by atoms with van der Waals surface area (Å²) in [5, 5.41) is 2.63. The van der Waals surface area contributed by atoms with Crippen molar-refractivity contribution in [2.45, 2.75) is 13.3 Å². The van der Waals surface area contributed by atoms with Crippen LogP contribution in [0.4, 0.5) is 11.4 Å². The monoisotopic (exact) mass is 460 g/mol. The molecule has 3 aliphatic rings. The van der Waals surface area contributed by atoms with Gasteiger partial charge in [0.25, 0.3) is 5.91 Å². The van der Waals surface area contributed by atoms with E-state index in [1.807, 2.05) is 6.92 Å². The number of rotatable bonds is 6. The van der Waals surface area contributed by atoms with E-state index in [0.717, 1.165) is 6.42 Å². The molecule has 3 amide bonds. The second-order valence-corrected chi connectivity index (χ2v) is 8.86. The molecule has 1 saturated heterocycles. The van der Waals surface area contributed by atoms with Crippen LogP contribution < -0.4 is 15.0 Å². The number of esters is 1. The van der Waals surface area contributed by atoms with Crippen LogP contribution >= 0.6 is 0 Å². The molecule has 1 heterocycles. The molecule has 4 atom stereocenters. The van der Waals surface area contributed by atoms with Crippen LogP contribution in [0.5, 0.6) is 5.75 Å². The molecule has 0 aromatic heterocycles. The molecule has 1 aliphatic heterocycles. The van der Waals surface area contributed by atoms with Crippen LogP contribution in [0.25, 0.3) is 0 Å². The minimum atomic E-state index is -0.728. The fourth-order valence-electron chi connectivity index (χ4n) is 5.45. The van der Waals surface area contributed by atoms with Gasteiger partial charge in [-0.2, -0.15) is 0 Å². The molecule has 1 N–H and O–H groups in total. The highest BCUT2D eigenvalue weighted by Crippen LogP contribution is 2.55. The van der Waals surface area contributed by atoms with E-state index in [4.69, 9.17) is 9.47 Å². The molecule has 2 bridgehead atoms. The maximum Gasteiger partial charge on any atom is 0.338 e. The van der Waals surface area contributed by atoms with Gasteiger partial charge in [-0.25, -0.2) is 9.69 Å². The van der Waals surface area contributed by atoms with E-state index in [-0.39, 0.29) is 41.0 Å². The number of amides is 3. The molecule has 2 fully saturated rings. The summed E-state index contributed by atoms with van der Waals surface area (Å²) in [6.07, 6.45) is 2.97. The van der Waals surface area contributed by atoms with Gasteiger partial charge in [-0.3, -0.25) is 14.4 Å². The number of anilines is 2. The number of imide groups is 1. The number of methoxy groups -OCH3 is 1. The first-order valence-corrected chi connectivity index (χ1v) is 11.1. The summed E-state index contributed by atoms with van der Waals surface area (Å²) in [5.41, 5.74) is 2.13. The lowest BCUT2D eigenvalue weighted by molar-refractivity contribution is -0.123. The van der Waals surface area contributed by atoms with Crippen LogP contribution in [-0.2, 0) is 19.1 Å². The van der Waals surface area contributed by atoms with Gasteiger partial charge < -0.3 is 14.8 Å². The zero-order valence-corrected chi connectivity index (χ0v) is 18.8. The zero-order valence-electron chi connectivity index (χ0n) is 18.8. The maximum absolute atomic E-state index is 13.2. The van der Waals surface area contributed by atoms with Gasteiger partial charge in [-0.1, -0.05) is 29.8 Å². The van der Waals surface area contributed by atoms with Crippen molar-refractivity contribution < 1.29 is 28.7 Å². The van der Waals surface area contributed by atoms with Gasteiger partial charge in [0.2, 0.25) is 11.8 Å². The van der Waals surface area contributed by atoms with E-state index in [1.165, 1.54) is 29.7 Å². The average molecular weight is 460 g/mol. The topological polar surface area (TPSA) is 102 Å². The summed E-state index contributed by atoms with van der Waals surface area (Å²) >= 11 is 0. The highest BCUT2D eigenvalue weighted by Gasteiger charge is 2.60. The zero-order chi connectivity index (χ0) is 24.0. The van der Waals surface area contributed by atoms with Crippen LogP contribution in [0.15, 0.2) is 60.2 Å². The Kier molecular flexibility index (Phi) is 5.43. The number of para-hydroxylation sites is 2. The van der Waals surface area contributed by atoms with E-state index in [9.17, 15) is 19.2 Å². The van der Waals surface area contributed by atoms with Crippen molar-refractivity contribution >= 4 is 35.1 Å². The molecule has 34 heavy (non-hydrogen) atoms. The number of nitrogens with zero attached hydrogens (tertiary/aromatic N) is 1. The van der Waals surface area contributed by atoms with Crippen molar-refractivity contribution in [3.05, 3.63) is 65.7 Å². The summed E-state index contributed by atoms with van der Waals surface area (Å²) in [7, 11) is 1.49. The maximum atomic E-state index is 13.2. The normalized spacial score (nSPS) is 24.6. The first-order valence-electron chi connectivity index (χ1n) is 11.1. The van der Waals surface area contributed by atoms with Crippen LogP contribution in [0.1, 0.15) is 23.7 Å². The van der Waals surface area contributed by atoms with Crippen LogP contribution in [0.3, 0.4) is 0 Å². The first kappa shape index (κ1) is 21.9. The van der Waals surface area contributed by atoms with Crippen molar-refractivity contribution in [1.29, 1.82) is 0 Å². The molecule has 1 saturated carbocycles. The third kappa shape index (κ3) is 3.55. The van der Waals surface area contributed by atoms with Crippen molar-refractivity contribution in [1.82, 2.24) is 0 Å². The third-order valence-electron chi connectivity index (χ3n) is 6.94. The summed E-state index contributed by atoms with van der Waals surface area (Å²) in [6, 6.07) is 13.1. The van der Waals surface area contributed by atoms with Gasteiger partial charge >= 0.3 is 5.97 Å². The molecule has 174 valence electrons. The highest BCUT2D eigenvalue weighted by atomic mass is 16.5. The lowest BCUT2D eigenvalue weighted by Crippen LogP contribution is -2.33. The van der Waals surface area contributed by atoms with Crippen molar-refractivity contribution in [2.24, 2.45) is 23.7 Å². The molecular formula is C26H24N2O6. The fourth-order valence-corrected chi connectivity index (χ4v) is 5.45. The predicted octanol–water partition coefficient (Wildman–Crippen LogP) is 3.19. The van der Waals surface area contributed by atoms with Crippen LogP contribution in [0, 0.1) is 23.7 Å². The van der Waals surface area contributed by atoms with Gasteiger partial charge in [-0.05, 0) is 55.5 Å². The number of ether oxygens (including phenoxy) is 2. The van der Waals surface area contributed by atoms with Crippen molar-refractivity contribution in [2.75, 3.05) is 23.9 Å². The molecule has 2 aromatic carbocycles. The molecule has 2 aliphatic carbocycles. The van der Waals surface area contributed by atoms with E-state index < -0.39 is 18.5 Å².